The lowest BCUT2D eigenvalue weighted by atomic mass is 10.1. The number of anilines is 1. The Balaban J connectivity index is 2.26. The molecule has 1 N–H and O–H groups in total. The number of rotatable bonds is 3. The average Bonchev–Trinajstić information content (AvgIpc) is 2.81. The quantitative estimate of drug-likeness (QED) is 0.821. The Kier molecular flexibility index (Phi) is 4.47. The van der Waals surface area contributed by atoms with Crippen LogP contribution < -0.4 is 5.32 Å². The molecule has 4 nitrogen and oxygen atoms in total. The molecular formula is C12H13Br2N3OS. The number of hydrogen-bond acceptors (Lipinski definition) is 3. The first kappa shape index (κ1) is 14.7. The first-order chi connectivity index (χ1) is 8.88. The third-order valence-electron chi connectivity index (χ3n) is 2.55. The second kappa shape index (κ2) is 5.76. The van der Waals surface area contributed by atoms with E-state index in [-0.39, 0.29) is 11.8 Å². The fourth-order valence-electron chi connectivity index (χ4n) is 1.71. The first-order valence-corrected chi connectivity index (χ1v) is 8.08. The van der Waals surface area contributed by atoms with E-state index in [0.717, 1.165) is 19.0 Å². The van der Waals surface area contributed by atoms with Gasteiger partial charge in [0.15, 0.2) is 0 Å². The molecule has 0 aliphatic rings. The van der Waals surface area contributed by atoms with Crippen LogP contribution in [0.15, 0.2) is 19.8 Å². The summed E-state index contributed by atoms with van der Waals surface area (Å²) in [4.78, 5) is 12.2. The summed E-state index contributed by atoms with van der Waals surface area (Å²) >= 11 is 8.24. The molecule has 0 aliphatic carbocycles. The number of hydrogen-bond donors (Lipinski definition) is 1. The Morgan fingerprint density at radius 3 is 2.68 bits per heavy atom. The first-order valence-electron chi connectivity index (χ1n) is 5.68. The van der Waals surface area contributed by atoms with Gasteiger partial charge in [-0.1, -0.05) is 13.8 Å². The van der Waals surface area contributed by atoms with Crippen LogP contribution >= 0.6 is 43.2 Å². The Morgan fingerprint density at radius 1 is 1.47 bits per heavy atom. The standard InChI is InChI=1S/C12H13Br2N3OS/c1-6(2)10-8(5-17(3)16-10)15-12(18)7-4-9(13)19-11(7)14/h4-6H,1-3H3,(H,15,18). The molecule has 19 heavy (non-hydrogen) atoms. The van der Waals surface area contributed by atoms with E-state index in [1.54, 1.807) is 10.7 Å². The zero-order valence-electron chi connectivity index (χ0n) is 10.7. The summed E-state index contributed by atoms with van der Waals surface area (Å²) in [7, 11) is 1.85. The smallest absolute Gasteiger partial charge is 0.257 e. The van der Waals surface area contributed by atoms with Crippen LogP contribution in [0.2, 0.25) is 0 Å². The summed E-state index contributed by atoms with van der Waals surface area (Å²) in [5.74, 6) is 0.123. The number of carbonyl (C=O) groups is 1. The summed E-state index contributed by atoms with van der Waals surface area (Å²) in [6, 6.07) is 1.80. The fourth-order valence-corrected chi connectivity index (χ4v) is 4.51. The van der Waals surface area contributed by atoms with Gasteiger partial charge in [0.1, 0.15) is 0 Å². The highest BCUT2D eigenvalue weighted by Crippen LogP contribution is 2.32. The molecule has 0 saturated carbocycles. The molecule has 102 valence electrons. The number of nitrogens with one attached hydrogen (secondary N) is 1. The van der Waals surface area contributed by atoms with E-state index in [9.17, 15) is 4.79 Å². The van der Waals surface area contributed by atoms with Crippen LogP contribution in [0.4, 0.5) is 5.69 Å². The van der Waals surface area contributed by atoms with Crippen LogP contribution in [0.25, 0.3) is 0 Å². The van der Waals surface area contributed by atoms with Gasteiger partial charge < -0.3 is 5.32 Å². The molecule has 2 rings (SSSR count). The number of aromatic nitrogens is 2. The molecule has 2 heterocycles. The third kappa shape index (κ3) is 3.27. The maximum Gasteiger partial charge on any atom is 0.257 e. The molecule has 0 saturated heterocycles. The number of halogens is 2. The molecule has 7 heteroatoms. The van der Waals surface area contributed by atoms with Gasteiger partial charge in [-0.05, 0) is 43.8 Å². The lowest BCUT2D eigenvalue weighted by molar-refractivity contribution is 0.102. The zero-order chi connectivity index (χ0) is 14.2. The van der Waals surface area contributed by atoms with Gasteiger partial charge in [0.25, 0.3) is 5.91 Å². The molecule has 0 unspecified atom stereocenters. The maximum absolute atomic E-state index is 12.2. The van der Waals surface area contributed by atoms with Gasteiger partial charge in [-0.25, -0.2) is 0 Å². The highest BCUT2D eigenvalue weighted by Gasteiger charge is 2.18. The molecule has 2 aromatic rings. The van der Waals surface area contributed by atoms with Gasteiger partial charge in [-0.15, -0.1) is 11.3 Å². The lowest BCUT2D eigenvalue weighted by Gasteiger charge is -2.06. The molecule has 0 bridgehead atoms. The predicted octanol–water partition coefficient (Wildman–Crippen LogP) is 4.38. The Morgan fingerprint density at radius 2 is 2.16 bits per heavy atom. The Hall–Kier alpha value is -0.660. The largest absolute Gasteiger partial charge is 0.319 e. The van der Waals surface area contributed by atoms with Crippen LogP contribution in [0.5, 0.6) is 0 Å². The molecule has 0 atom stereocenters. The van der Waals surface area contributed by atoms with Crippen molar-refractivity contribution >= 4 is 54.8 Å². The minimum absolute atomic E-state index is 0.135. The van der Waals surface area contributed by atoms with Gasteiger partial charge in [0.2, 0.25) is 0 Å². The van der Waals surface area contributed by atoms with Crippen LogP contribution in [0, 0.1) is 0 Å². The SMILES string of the molecule is CC(C)c1nn(C)cc1NC(=O)c1cc(Br)sc1Br. The third-order valence-corrected chi connectivity index (χ3v) is 4.89. The summed E-state index contributed by atoms with van der Waals surface area (Å²) in [6.45, 7) is 4.10. The van der Waals surface area contributed by atoms with Crippen molar-refractivity contribution in [2.24, 2.45) is 7.05 Å². The van der Waals surface area contributed by atoms with Crippen molar-refractivity contribution in [3.8, 4) is 0 Å². The van der Waals surface area contributed by atoms with Crippen molar-refractivity contribution < 1.29 is 4.79 Å². The van der Waals surface area contributed by atoms with E-state index in [0.29, 0.717) is 5.56 Å². The second-order valence-corrected chi connectivity index (χ2v) is 8.20. The van der Waals surface area contributed by atoms with Crippen molar-refractivity contribution in [2.75, 3.05) is 5.32 Å². The van der Waals surface area contributed by atoms with E-state index in [1.807, 2.05) is 13.2 Å². The Labute approximate surface area is 132 Å². The summed E-state index contributed by atoms with van der Waals surface area (Å²) < 4.78 is 3.44. The van der Waals surface area contributed by atoms with Crippen LogP contribution in [0.3, 0.4) is 0 Å². The molecule has 0 radical (unpaired) electrons. The van der Waals surface area contributed by atoms with Crippen LogP contribution in [0.1, 0.15) is 35.8 Å². The van der Waals surface area contributed by atoms with Gasteiger partial charge in [-0.2, -0.15) is 5.10 Å². The van der Waals surface area contributed by atoms with Gasteiger partial charge >= 0.3 is 0 Å². The van der Waals surface area contributed by atoms with Crippen molar-refractivity contribution in [1.82, 2.24) is 9.78 Å². The van der Waals surface area contributed by atoms with Crippen molar-refractivity contribution in [3.63, 3.8) is 0 Å². The van der Waals surface area contributed by atoms with E-state index >= 15 is 0 Å². The van der Waals surface area contributed by atoms with E-state index in [1.165, 1.54) is 11.3 Å². The van der Waals surface area contributed by atoms with Crippen LogP contribution in [-0.4, -0.2) is 15.7 Å². The second-order valence-electron chi connectivity index (χ2n) is 4.45. The highest BCUT2D eigenvalue weighted by atomic mass is 79.9. The summed E-state index contributed by atoms with van der Waals surface area (Å²) in [6.07, 6.45) is 1.82. The Bertz CT molecular complexity index is 619. The van der Waals surface area contributed by atoms with Crippen LogP contribution in [-0.2, 0) is 7.05 Å². The number of aryl methyl sites for hydroxylation is 1. The van der Waals surface area contributed by atoms with Crippen molar-refractivity contribution in [1.29, 1.82) is 0 Å². The zero-order valence-corrected chi connectivity index (χ0v) is 14.7. The van der Waals surface area contributed by atoms with Gasteiger partial charge in [0.05, 0.1) is 24.5 Å². The fraction of sp³-hybridized carbons (Fsp3) is 0.333. The number of nitrogens with zero attached hydrogens (tertiary/aromatic N) is 2. The predicted molar refractivity (Wildman–Crippen MR) is 85.0 cm³/mol. The van der Waals surface area contributed by atoms with E-state index < -0.39 is 0 Å². The molecule has 0 aliphatic heterocycles. The molecular weight excluding hydrogens is 394 g/mol. The molecule has 0 spiro atoms. The summed E-state index contributed by atoms with van der Waals surface area (Å²) in [5.41, 5.74) is 2.27. The average molecular weight is 407 g/mol. The minimum Gasteiger partial charge on any atom is -0.319 e. The normalized spacial score (nSPS) is 11.1. The molecule has 2 aromatic heterocycles. The topological polar surface area (TPSA) is 46.9 Å². The van der Waals surface area contributed by atoms with Gasteiger partial charge in [0, 0.05) is 13.2 Å². The van der Waals surface area contributed by atoms with E-state index in [2.05, 4.69) is 56.1 Å². The molecule has 0 aromatic carbocycles. The van der Waals surface area contributed by atoms with Crippen molar-refractivity contribution in [3.05, 3.63) is 31.1 Å². The highest BCUT2D eigenvalue weighted by molar-refractivity contribution is 9.12. The van der Waals surface area contributed by atoms with Crippen molar-refractivity contribution in [2.45, 2.75) is 19.8 Å². The number of thiophene rings is 1. The monoisotopic (exact) mass is 405 g/mol. The molecule has 0 fully saturated rings. The lowest BCUT2D eigenvalue weighted by Crippen LogP contribution is -2.12. The number of amides is 1. The summed E-state index contributed by atoms with van der Waals surface area (Å²) in [5, 5.41) is 7.28. The van der Waals surface area contributed by atoms with Gasteiger partial charge in [-0.3, -0.25) is 9.48 Å². The molecule has 1 amide bonds. The van der Waals surface area contributed by atoms with E-state index in [4.69, 9.17) is 0 Å². The maximum atomic E-state index is 12.2. The minimum atomic E-state index is -0.135. The number of carbonyl (C=O) groups excluding carboxylic acids is 1.